The van der Waals surface area contributed by atoms with E-state index in [-0.39, 0.29) is 12.5 Å². The van der Waals surface area contributed by atoms with Crippen molar-refractivity contribution >= 4 is 11.9 Å². The van der Waals surface area contributed by atoms with Crippen LogP contribution in [0.2, 0.25) is 0 Å². The van der Waals surface area contributed by atoms with E-state index < -0.39 is 0 Å². The molecular weight excluding hydrogens is 362 g/mol. The SMILES string of the molecule is CCNC(=NCC(=O)N1CCC(Cc2ccccc2)CC1)NCCn1cccc1. The number of rotatable bonds is 8. The first-order valence-electron chi connectivity index (χ1n) is 10.7. The fraction of sp³-hybridized carbons (Fsp3) is 0.478. The van der Waals surface area contributed by atoms with Gasteiger partial charge < -0.3 is 20.1 Å². The first kappa shape index (κ1) is 21.0. The van der Waals surface area contributed by atoms with E-state index in [9.17, 15) is 4.79 Å². The number of likely N-dealkylation sites (tertiary alicyclic amines) is 1. The standard InChI is InChI=1S/C23H33N5O/c1-2-24-23(25-12-17-27-13-6-7-14-27)26-19-22(29)28-15-10-21(11-16-28)18-20-8-4-3-5-9-20/h3-9,13-14,21H,2,10-12,15-19H2,1H3,(H2,24,25,26). The lowest BCUT2D eigenvalue weighted by atomic mass is 9.90. The minimum Gasteiger partial charge on any atom is -0.357 e. The second-order valence-corrected chi connectivity index (χ2v) is 7.56. The maximum absolute atomic E-state index is 12.6. The topological polar surface area (TPSA) is 61.7 Å². The van der Waals surface area contributed by atoms with Gasteiger partial charge in [0.15, 0.2) is 5.96 Å². The molecule has 6 heteroatoms. The Morgan fingerprint density at radius 3 is 2.48 bits per heavy atom. The maximum atomic E-state index is 12.6. The van der Waals surface area contributed by atoms with Crippen LogP contribution in [0.3, 0.4) is 0 Å². The fourth-order valence-corrected chi connectivity index (χ4v) is 3.74. The van der Waals surface area contributed by atoms with Crippen molar-refractivity contribution in [2.24, 2.45) is 10.9 Å². The van der Waals surface area contributed by atoms with Crippen LogP contribution in [0.5, 0.6) is 0 Å². The zero-order chi connectivity index (χ0) is 20.3. The Morgan fingerprint density at radius 2 is 1.79 bits per heavy atom. The monoisotopic (exact) mass is 395 g/mol. The minimum absolute atomic E-state index is 0.116. The van der Waals surface area contributed by atoms with Gasteiger partial charge in [0.1, 0.15) is 6.54 Å². The first-order valence-corrected chi connectivity index (χ1v) is 10.7. The third-order valence-corrected chi connectivity index (χ3v) is 5.38. The molecule has 0 unspecified atom stereocenters. The van der Waals surface area contributed by atoms with Gasteiger partial charge in [-0.1, -0.05) is 30.3 Å². The van der Waals surface area contributed by atoms with Crippen LogP contribution in [0, 0.1) is 5.92 Å². The van der Waals surface area contributed by atoms with Crippen molar-refractivity contribution < 1.29 is 4.79 Å². The van der Waals surface area contributed by atoms with E-state index in [1.165, 1.54) is 5.56 Å². The van der Waals surface area contributed by atoms with Crippen LogP contribution in [0.1, 0.15) is 25.3 Å². The van der Waals surface area contributed by atoms with Gasteiger partial charge in [0, 0.05) is 45.1 Å². The lowest BCUT2D eigenvalue weighted by Crippen LogP contribution is -2.42. The maximum Gasteiger partial charge on any atom is 0.244 e. The molecule has 1 aromatic carbocycles. The number of hydrogen-bond acceptors (Lipinski definition) is 2. The molecule has 29 heavy (non-hydrogen) atoms. The summed E-state index contributed by atoms with van der Waals surface area (Å²) < 4.78 is 2.11. The number of benzene rings is 1. The van der Waals surface area contributed by atoms with Crippen LogP contribution >= 0.6 is 0 Å². The average molecular weight is 396 g/mol. The van der Waals surface area contributed by atoms with Crippen molar-refractivity contribution in [1.29, 1.82) is 0 Å². The molecule has 156 valence electrons. The van der Waals surface area contributed by atoms with Gasteiger partial charge >= 0.3 is 0 Å². The summed E-state index contributed by atoms with van der Waals surface area (Å²) in [5.74, 6) is 1.48. The molecule has 1 amide bonds. The smallest absolute Gasteiger partial charge is 0.244 e. The molecule has 1 fully saturated rings. The highest BCUT2D eigenvalue weighted by Crippen LogP contribution is 2.21. The van der Waals surface area contributed by atoms with Crippen LogP contribution < -0.4 is 10.6 Å². The number of carbonyl (C=O) groups excluding carboxylic acids is 1. The van der Waals surface area contributed by atoms with Crippen molar-refractivity contribution in [2.45, 2.75) is 32.7 Å². The van der Waals surface area contributed by atoms with Crippen LogP contribution in [0.4, 0.5) is 0 Å². The van der Waals surface area contributed by atoms with Crippen molar-refractivity contribution in [3.8, 4) is 0 Å². The Bertz CT molecular complexity index is 749. The lowest BCUT2D eigenvalue weighted by Gasteiger charge is -2.32. The highest BCUT2D eigenvalue weighted by Gasteiger charge is 2.22. The molecule has 2 heterocycles. The summed E-state index contributed by atoms with van der Waals surface area (Å²) in [5, 5.41) is 6.51. The molecule has 1 aromatic heterocycles. The number of guanidine groups is 1. The molecule has 1 aliphatic rings. The number of aromatic nitrogens is 1. The van der Waals surface area contributed by atoms with Gasteiger partial charge in [-0.3, -0.25) is 4.79 Å². The summed E-state index contributed by atoms with van der Waals surface area (Å²) in [6, 6.07) is 14.7. The van der Waals surface area contributed by atoms with E-state index in [0.29, 0.717) is 11.9 Å². The summed E-state index contributed by atoms with van der Waals surface area (Å²) in [6.45, 7) is 6.30. The summed E-state index contributed by atoms with van der Waals surface area (Å²) in [5.41, 5.74) is 1.39. The number of piperidine rings is 1. The molecule has 0 aliphatic carbocycles. The number of nitrogens with zero attached hydrogens (tertiary/aromatic N) is 3. The molecule has 0 spiro atoms. The molecule has 1 aliphatic heterocycles. The predicted molar refractivity (Wildman–Crippen MR) is 118 cm³/mol. The van der Waals surface area contributed by atoms with Crippen LogP contribution in [-0.2, 0) is 17.8 Å². The normalized spacial score (nSPS) is 15.3. The lowest BCUT2D eigenvalue weighted by molar-refractivity contribution is -0.130. The predicted octanol–water partition coefficient (Wildman–Crippen LogP) is 2.52. The molecule has 0 bridgehead atoms. The van der Waals surface area contributed by atoms with Gasteiger partial charge in [-0.05, 0) is 49.8 Å². The largest absolute Gasteiger partial charge is 0.357 e. The number of hydrogen-bond donors (Lipinski definition) is 2. The number of aliphatic imine (C=N–C) groups is 1. The summed E-state index contributed by atoms with van der Waals surface area (Å²) in [7, 11) is 0. The summed E-state index contributed by atoms with van der Waals surface area (Å²) >= 11 is 0. The zero-order valence-electron chi connectivity index (χ0n) is 17.4. The molecule has 1 saturated heterocycles. The number of nitrogens with one attached hydrogen (secondary N) is 2. The van der Waals surface area contributed by atoms with Crippen LogP contribution in [-0.4, -0.2) is 54.1 Å². The molecule has 3 rings (SSSR count). The Labute approximate surface area is 174 Å². The highest BCUT2D eigenvalue weighted by atomic mass is 16.2. The quantitative estimate of drug-likeness (QED) is 0.533. The fourth-order valence-electron chi connectivity index (χ4n) is 3.74. The Hall–Kier alpha value is -2.76. The number of carbonyl (C=O) groups is 1. The van der Waals surface area contributed by atoms with E-state index in [1.807, 2.05) is 36.4 Å². The third kappa shape index (κ3) is 6.97. The number of amides is 1. The van der Waals surface area contributed by atoms with Gasteiger partial charge in [-0.2, -0.15) is 0 Å². The van der Waals surface area contributed by atoms with Crippen LogP contribution in [0.25, 0.3) is 0 Å². The molecule has 2 N–H and O–H groups in total. The van der Waals surface area contributed by atoms with Crippen molar-refractivity contribution in [1.82, 2.24) is 20.1 Å². The molecule has 0 atom stereocenters. The van der Waals surface area contributed by atoms with Gasteiger partial charge in [0.2, 0.25) is 5.91 Å². The zero-order valence-corrected chi connectivity index (χ0v) is 17.4. The second-order valence-electron chi connectivity index (χ2n) is 7.56. The second kappa shape index (κ2) is 11.3. The Balaban J connectivity index is 1.40. The van der Waals surface area contributed by atoms with E-state index in [4.69, 9.17) is 0 Å². The van der Waals surface area contributed by atoms with E-state index in [1.54, 1.807) is 0 Å². The van der Waals surface area contributed by atoms with Gasteiger partial charge in [0.25, 0.3) is 0 Å². The highest BCUT2D eigenvalue weighted by molar-refractivity contribution is 5.85. The first-order chi connectivity index (χ1) is 14.2. The van der Waals surface area contributed by atoms with Gasteiger partial charge in [-0.15, -0.1) is 0 Å². The molecule has 0 saturated carbocycles. The summed E-state index contributed by atoms with van der Waals surface area (Å²) in [6.07, 6.45) is 7.32. The van der Waals surface area contributed by atoms with Crippen molar-refractivity contribution in [3.63, 3.8) is 0 Å². The van der Waals surface area contributed by atoms with E-state index >= 15 is 0 Å². The molecule has 6 nitrogen and oxygen atoms in total. The van der Waals surface area contributed by atoms with E-state index in [2.05, 4.69) is 50.5 Å². The minimum atomic E-state index is 0.116. The van der Waals surface area contributed by atoms with Crippen molar-refractivity contribution in [3.05, 3.63) is 60.4 Å². The van der Waals surface area contributed by atoms with Gasteiger partial charge in [0.05, 0.1) is 0 Å². The molecule has 2 aromatic rings. The Morgan fingerprint density at radius 1 is 1.07 bits per heavy atom. The Kier molecular flexibility index (Phi) is 8.16. The van der Waals surface area contributed by atoms with Crippen molar-refractivity contribution in [2.75, 3.05) is 32.7 Å². The molecular formula is C23H33N5O. The van der Waals surface area contributed by atoms with E-state index in [0.717, 1.165) is 52.0 Å². The molecule has 0 radical (unpaired) electrons. The average Bonchev–Trinajstić information content (AvgIpc) is 3.26. The summed E-state index contributed by atoms with van der Waals surface area (Å²) in [4.78, 5) is 19.0. The van der Waals surface area contributed by atoms with Crippen LogP contribution in [0.15, 0.2) is 59.9 Å². The third-order valence-electron chi connectivity index (χ3n) is 5.38. The van der Waals surface area contributed by atoms with Gasteiger partial charge in [-0.25, -0.2) is 4.99 Å².